The Balaban J connectivity index is 2.36. The van der Waals surface area contributed by atoms with Crippen LogP contribution in [0.15, 0.2) is 24.3 Å². The molecule has 2 unspecified atom stereocenters. The Morgan fingerprint density at radius 2 is 2.00 bits per heavy atom. The molecule has 0 fully saturated rings. The van der Waals surface area contributed by atoms with Crippen LogP contribution >= 0.6 is 0 Å². The van der Waals surface area contributed by atoms with Crippen LogP contribution in [-0.2, 0) is 13.0 Å². The number of rotatable bonds is 5. The summed E-state index contributed by atoms with van der Waals surface area (Å²) < 4.78 is 2.28. The number of para-hydroxylation sites is 2. The van der Waals surface area contributed by atoms with Crippen LogP contribution in [0.4, 0.5) is 0 Å². The van der Waals surface area contributed by atoms with E-state index >= 15 is 0 Å². The molecule has 0 amide bonds. The molecule has 0 bridgehead atoms. The second kappa shape index (κ2) is 5.53. The van der Waals surface area contributed by atoms with Crippen molar-refractivity contribution in [3.8, 4) is 0 Å². The molecular formula is C15H23N3. The molecule has 0 aliphatic carbocycles. The average Bonchev–Trinajstić information content (AvgIpc) is 2.76. The van der Waals surface area contributed by atoms with E-state index in [1.807, 2.05) is 6.07 Å². The molecule has 2 aromatic rings. The molecule has 1 aromatic carbocycles. The smallest absolute Gasteiger partial charge is 0.109 e. The Hall–Kier alpha value is -1.35. The van der Waals surface area contributed by atoms with Crippen LogP contribution in [-0.4, -0.2) is 15.6 Å². The van der Waals surface area contributed by atoms with E-state index in [2.05, 4.69) is 48.5 Å². The van der Waals surface area contributed by atoms with Crippen LogP contribution in [0.3, 0.4) is 0 Å². The summed E-state index contributed by atoms with van der Waals surface area (Å²) in [5, 5.41) is 0. The van der Waals surface area contributed by atoms with E-state index < -0.39 is 0 Å². The summed E-state index contributed by atoms with van der Waals surface area (Å²) in [5.41, 5.74) is 8.56. The molecule has 0 saturated carbocycles. The lowest BCUT2D eigenvalue weighted by Crippen LogP contribution is -2.33. The Morgan fingerprint density at radius 3 is 2.67 bits per heavy atom. The molecule has 3 nitrogen and oxygen atoms in total. The first-order valence-electron chi connectivity index (χ1n) is 6.87. The van der Waals surface area contributed by atoms with Gasteiger partial charge in [0.25, 0.3) is 0 Å². The molecule has 0 aliphatic rings. The van der Waals surface area contributed by atoms with E-state index in [9.17, 15) is 0 Å². The summed E-state index contributed by atoms with van der Waals surface area (Å²) in [6.45, 7) is 7.41. The number of nitrogens with two attached hydrogens (primary N) is 1. The molecule has 0 spiro atoms. The van der Waals surface area contributed by atoms with Crippen molar-refractivity contribution in [2.75, 3.05) is 0 Å². The fourth-order valence-corrected chi connectivity index (χ4v) is 2.29. The predicted molar refractivity (Wildman–Crippen MR) is 76.5 cm³/mol. The molecule has 18 heavy (non-hydrogen) atoms. The third-order valence-corrected chi connectivity index (χ3v) is 3.82. The zero-order chi connectivity index (χ0) is 13.1. The van der Waals surface area contributed by atoms with Gasteiger partial charge in [0, 0.05) is 19.0 Å². The van der Waals surface area contributed by atoms with Gasteiger partial charge < -0.3 is 10.3 Å². The molecule has 2 atom stereocenters. The maximum atomic E-state index is 6.28. The quantitative estimate of drug-likeness (QED) is 0.880. The van der Waals surface area contributed by atoms with Crippen molar-refractivity contribution in [2.24, 2.45) is 11.7 Å². The predicted octanol–water partition coefficient (Wildman–Crippen LogP) is 2.97. The molecule has 2 N–H and O–H groups in total. The summed E-state index contributed by atoms with van der Waals surface area (Å²) in [4.78, 5) is 4.68. The zero-order valence-electron chi connectivity index (χ0n) is 11.6. The van der Waals surface area contributed by atoms with Gasteiger partial charge in [0.05, 0.1) is 11.0 Å². The maximum absolute atomic E-state index is 6.28. The average molecular weight is 245 g/mol. The number of aromatic nitrogens is 2. The molecular weight excluding hydrogens is 222 g/mol. The van der Waals surface area contributed by atoms with E-state index in [1.54, 1.807) is 0 Å². The first kappa shape index (κ1) is 13.1. The van der Waals surface area contributed by atoms with Crippen molar-refractivity contribution in [3.05, 3.63) is 30.1 Å². The fraction of sp³-hybridized carbons (Fsp3) is 0.533. The highest BCUT2D eigenvalue weighted by atomic mass is 15.1. The van der Waals surface area contributed by atoms with Gasteiger partial charge in [-0.05, 0) is 18.1 Å². The van der Waals surface area contributed by atoms with Crippen LogP contribution in [0.25, 0.3) is 11.0 Å². The fourth-order valence-electron chi connectivity index (χ4n) is 2.29. The van der Waals surface area contributed by atoms with E-state index in [0.29, 0.717) is 5.92 Å². The van der Waals surface area contributed by atoms with E-state index in [1.165, 1.54) is 5.52 Å². The van der Waals surface area contributed by atoms with E-state index in [4.69, 9.17) is 5.73 Å². The minimum absolute atomic E-state index is 0.193. The lowest BCUT2D eigenvalue weighted by atomic mass is 10.00. The van der Waals surface area contributed by atoms with Gasteiger partial charge in [0.1, 0.15) is 5.82 Å². The molecule has 98 valence electrons. The Morgan fingerprint density at radius 1 is 1.28 bits per heavy atom. The van der Waals surface area contributed by atoms with Gasteiger partial charge in [0.2, 0.25) is 0 Å². The Bertz CT molecular complexity index is 515. The zero-order valence-corrected chi connectivity index (χ0v) is 11.6. The molecule has 1 heterocycles. The summed E-state index contributed by atoms with van der Waals surface area (Å²) >= 11 is 0. The number of nitrogens with zero attached hydrogens (tertiary/aromatic N) is 2. The topological polar surface area (TPSA) is 43.8 Å². The van der Waals surface area contributed by atoms with Crippen molar-refractivity contribution in [2.45, 2.75) is 46.2 Å². The van der Waals surface area contributed by atoms with Gasteiger partial charge >= 0.3 is 0 Å². The highest BCUT2D eigenvalue weighted by molar-refractivity contribution is 5.75. The van der Waals surface area contributed by atoms with Gasteiger partial charge in [0.15, 0.2) is 0 Å². The highest BCUT2D eigenvalue weighted by Crippen LogP contribution is 2.18. The van der Waals surface area contributed by atoms with E-state index in [-0.39, 0.29) is 6.04 Å². The van der Waals surface area contributed by atoms with Crippen molar-refractivity contribution >= 4 is 11.0 Å². The van der Waals surface area contributed by atoms with Gasteiger partial charge in [-0.2, -0.15) is 0 Å². The number of benzene rings is 1. The maximum Gasteiger partial charge on any atom is 0.109 e. The van der Waals surface area contributed by atoms with Gasteiger partial charge in [-0.3, -0.25) is 0 Å². The number of imidazole rings is 1. The van der Waals surface area contributed by atoms with Crippen molar-refractivity contribution < 1.29 is 0 Å². The third kappa shape index (κ3) is 2.41. The van der Waals surface area contributed by atoms with Gasteiger partial charge in [-0.25, -0.2) is 4.98 Å². The van der Waals surface area contributed by atoms with Gasteiger partial charge in [-0.15, -0.1) is 0 Å². The van der Waals surface area contributed by atoms with Crippen LogP contribution in [0.5, 0.6) is 0 Å². The minimum atomic E-state index is 0.193. The van der Waals surface area contributed by atoms with Crippen LogP contribution in [0.2, 0.25) is 0 Å². The molecule has 2 rings (SSSR count). The van der Waals surface area contributed by atoms with Crippen LogP contribution < -0.4 is 5.73 Å². The first-order chi connectivity index (χ1) is 8.67. The number of hydrogen-bond donors (Lipinski definition) is 1. The second-order valence-electron chi connectivity index (χ2n) is 5.03. The van der Waals surface area contributed by atoms with Gasteiger partial charge in [-0.1, -0.05) is 39.3 Å². The largest absolute Gasteiger partial charge is 0.326 e. The van der Waals surface area contributed by atoms with Crippen LogP contribution in [0, 0.1) is 5.92 Å². The summed E-state index contributed by atoms with van der Waals surface area (Å²) in [6, 6.07) is 8.49. The highest BCUT2D eigenvalue weighted by Gasteiger charge is 2.15. The van der Waals surface area contributed by atoms with Crippen molar-refractivity contribution in [1.82, 2.24) is 9.55 Å². The third-order valence-electron chi connectivity index (χ3n) is 3.82. The van der Waals surface area contributed by atoms with Crippen LogP contribution in [0.1, 0.15) is 33.0 Å². The monoisotopic (exact) mass is 245 g/mol. The molecule has 0 radical (unpaired) electrons. The summed E-state index contributed by atoms with van der Waals surface area (Å²) in [5.74, 6) is 1.67. The minimum Gasteiger partial charge on any atom is -0.326 e. The Kier molecular flexibility index (Phi) is 4.02. The SMILES string of the molecule is CCc1nc2ccccc2n1CC(N)C(C)CC. The molecule has 3 heteroatoms. The summed E-state index contributed by atoms with van der Waals surface area (Å²) in [6.07, 6.45) is 2.07. The lowest BCUT2D eigenvalue weighted by Gasteiger charge is -2.20. The number of hydrogen-bond acceptors (Lipinski definition) is 2. The lowest BCUT2D eigenvalue weighted by molar-refractivity contribution is 0.396. The van der Waals surface area contributed by atoms with Crippen molar-refractivity contribution in [1.29, 1.82) is 0 Å². The van der Waals surface area contributed by atoms with E-state index in [0.717, 1.165) is 30.7 Å². The first-order valence-corrected chi connectivity index (χ1v) is 6.87. The van der Waals surface area contributed by atoms with Crippen molar-refractivity contribution in [3.63, 3.8) is 0 Å². The normalized spacial score (nSPS) is 14.9. The number of fused-ring (bicyclic) bond motifs is 1. The number of aryl methyl sites for hydroxylation is 1. The molecule has 0 saturated heterocycles. The Labute approximate surface area is 109 Å². The second-order valence-corrected chi connectivity index (χ2v) is 5.03. The summed E-state index contributed by atoms with van der Waals surface area (Å²) in [7, 11) is 0. The molecule has 1 aromatic heterocycles. The standard InChI is InChI=1S/C15H23N3/c1-4-11(3)12(16)10-18-14-9-7-6-8-13(14)17-15(18)5-2/h6-9,11-12H,4-5,10,16H2,1-3H3. The molecule has 0 aliphatic heterocycles.